The lowest BCUT2D eigenvalue weighted by Gasteiger charge is -2.08. The van der Waals surface area contributed by atoms with Crippen LogP contribution < -0.4 is 5.32 Å². The molecule has 4 rings (SSSR count). The van der Waals surface area contributed by atoms with E-state index in [4.69, 9.17) is 0 Å². The molecule has 4 heteroatoms. The van der Waals surface area contributed by atoms with Gasteiger partial charge < -0.3 is 10.3 Å². The summed E-state index contributed by atoms with van der Waals surface area (Å²) in [4.78, 5) is 27.9. The lowest BCUT2D eigenvalue weighted by molar-refractivity contribution is -0.121. The van der Waals surface area contributed by atoms with Crippen molar-refractivity contribution in [2.45, 2.75) is 19.3 Å². The highest BCUT2D eigenvalue weighted by Gasteiger charge is 2.13. The predicted molar refractivity (Wildman–Crippen MR) is 120 cm³/mol. The number of amides is 1. The Morgan fingerprint density at radius 3 is 2.20 bits per heavy atom. The second kappa shape index (κ2) is 9.23. The normalized spacial score (nSPS) is 10.8. The minimum absolute atomic E-state index is 0.00579. The van der Waals surface area contributed by atoms with E-state index < -0.39 is 0 Å². The first-order chi connectivity index (χ1) is 14.7. The Hall–Kier alpha value is -3.66. The van der Waals surface area contributed by atoms with Crippen LogP contribution in [0.5, 0.6) is 0 Å². The van der Waals surface area contributed by atoms with Gasteiger partial charge in [-0.15, -0.1) is 0 Å². The highest BCUT2D eigenvalue weighted by molar-refractivity contribution is 5.98. The number of hydrogen-bond acceptors (Lipinski definition) is 2. The van der Waals surface area contributed by atoms with Crippen molar-refractivity contribution < 1.29 is 9.59 Å². The molecule has 1 heterocycles. The van der Waals surface area contributed by atoms with Crippen molar-refractivity contribution in [1.29, 1.82) is 0 Å². The number of aromatic amines is 1. The van der Waals surface area contributed by atoms with Crippen LogP contribution in [0.2, 0.25) is 0 Å². The number of ketones is 1. The lowest BCUT2D eigenvalue weighted by atomic mass is 10.0. The van der Waals surface area contributed by atoms with Gasteiger partial charge in [0.1, 0.15) is 0 Å². The summed E-state index contributed by atoms with van der Waals surface area (Å²) in [6.45, 7) is 0.528. The first kappa shape index (κ1) is 19.6. The molecule has 1 amide bonds. The fraction of sp³-hybridized carbons (Fsp3) is 0.154. The third-order valence-electron chi connectivity index (χ3n) is 5.25. The Morgan fingerprint density at radius 2 is 1.43 bits per heavy atom. The molecule has 3 aromatic carbocycles. The van der Waals surface area contributed by atoms with E-state index in [1.165, 1.54) is 10.9 Å². The van der Waals surface area contributed by atoms with E-state index in [0.29, 0.717) is 18.5 Å². The van der Waals surface area contributed by atoms with Crippen molar-refractivity contribution in [1.82, 2.24) is 10.3 Å². The van der Waals surface area contributed by atoms with E-state index >= 15 is 0 Å². The van der Waals surface area contributed by atoms with Crippen molar-refractivity contribution in [2.24, 2.45) is 0 Å². The van der Waals surface area contributed by atoms with Crippen LogP contribution in [0.15, 0.2) is 84.9 Å². The van der Waals surface area contributed by atoms with Crippen LogP contribution in [-0.4, -0.2) is 23.2 Å². The Kier molecular flexibility index (Phi) is 6.04. The maximum absolute atomic E-state index is 12.3. The number of H-pyrrole nitrogens is 1. The monoisotopic (exact) mass is 396 g/mol. The number of rotatable bonds is 8. The number of nitrogens with one attached hydrogen (secondary N) is 2. The molecule has 0 aliphatic rings. The van der Waals surface area contributed by atoms with Crippen LogP contribution in [-0.2, 0) is 11.2 Å². The van der Waals surface area contributed by atoms with Gasteiger partial charge in [-0.3, -0.25) is 9.59 Å². The molecule has 0 atom stereocenters. The molecule has 0 radical (unpaired) electrons. The van der Waals surface area contributed by atoms with Gasteiger partial charge in [0, 0.05) is 41.5 Å². The number of fused-ring (bicyclic) bond motifs is 1. The smallest absolute Gasteiger partial charge is 0.220 e. The third-order valence-corrected chi connectivity index (χ3v) is 5.25. The summed E-state index contributed by atoms with van der Waals surface area (Å²) in [5.74, 6) is -0.103. The van der Waals surface area contributed by atoms with Gasteiger partial charge in [-0.25, -0.2) is 0 Å². The molecule has 2 N–H and O–H groups in total. The van der Waals surface area contributed by atoms with Gasteiger partial charge in [-0.05, 0) is 23.6 Å². The largest absolute Gasteiger partial charge is 0.356 e. The van der Waals surface area contributed by atoms with Crippen LogP contribution in [0.3, 0.4) is 0 Å². The maximum atomic E-state index is 12.3. The molecule has 0 saturated carbocycles. The Morgan fingerprint density at radius 1 is 0.767 bits per heavy atom. The fourth-order valence-electron chi connectivity index (χ4n) is 3.72. The number of carbonyl (C=O) groups is 2. The zero-order valence-corrected chi connectivity index (χ0v) is 16.7. The molecule has 30 heavy (non-hydrogen) atoms. The van der Waals surface area contributed by atoms with E-state index in [9.17, 15) is 9.59 Å². The van der Waals surface area contributed by atoms with Crippen molar-refractivity contribution in [3.05, 3.63) is 96.1 Å². The third kappa shape index (κ3) is 4.49. The molecule has 150 valence electrons. The standard InChI is InChI=1S/C26H24N2O2/c29-24(19-9-3-1-4-10-19)15-16-25(30)27-18-17-22-21-13-7-8-14-23(21)28-26(22)20-11-5-2-6-12-20/h1-14,28H,15-18H2,(H,27,30). The zero-order valence-electron chi connectivity index (χ0n) is 16.7. The Bertz CT molecular complexity index is 1150. The summed E-state index contributed by atoms with van der Waals surface area (Å²) < 4.78 is 0. The van der Waals surface area contributed by atoms with E-state index in [-0.39, 0.29) is 24.5 Å². The molecule has 0 aliphatic heterocycles. The highest BCUT2D eigenvalue weighted by atomic mass is 16.2. The maximum Gasteiger partial charge on any atom is 0.220 e. The Labute approximate surface area is 175 Å². The summed E-state index contributed by atoms with van der Waals surface area (Å²) in [5.41, 5.74) is 5.15. The zero-order chi connectivity index (χ0) is 20.8. The second-order valence-corrected chi connectivity index (χ2v) is 7.28. The summed E-state index contributed by atoms with van der Waals surface area (Å²) in [6.07, 6.45) is 1.14. The SMILES string of the molecule is O=C(CCC(=O)c1ccccc1)NCCc1c(-c2ccccc2)[nH]c2ccccc12. The Balaban J connectivity index is 1.39. The van der Waals surface area contributed by atoms with Gasteiger partial charge in [-0.2, -0.15) is 0 Å². The van der Waals surface area contributed by atoms with Crippen LogP contribution >= 0.6 is 0 Å². The van der Waals surface area contributed by atoms with Crippen LogP contribution in [0.25, 0.3) is 22.2 Å². The number of para-hydroxylation sites is 1. The second-order valence-electron chi connectivity index (χ2n) is 7.28. The number of benzene rings is 3. The molecule has 0 aliphatic carbocycles. The van der Waals surface area contributed by atoms with Crippen molar-refractivity contribution in [2.75, 3.05) is 6.54 Å². The molecule has 0 saturated heterocycles. The molecule has 0 bridgehead atoms. The van der Waals surface area contributed by atoms with Crippen LogP contribution in [0.4, 0.5) is 0 Å². The number of aromatic nitrogens is 1. The first-order valence-electron chi connectivity index (χ1n) is 10.2. The summed E-state index contributed by atoms with van der Waals surface area (Å²) in [5, 5.41) is 4.14. The lowest BCUT2D eigenvalue weighted by Crippen LogP contribution is -2.26. The van der Waals surface area contributed by atoms with Gasteiger partial charge in [0.2, 0.25) is 5.91 Å². The molecule has 0 unspecified atom stereocenters. The molecule has 4 nitrogen and oxygen atoms in total. The highest BCUT2D eigenvalue weighted by Crippen LogP contribution is 2.30. The number of Topliss-reactive ketones (excluding diaryl/α,β-unsaturated/α-hetero) is 1. The summed E-state index contributed by atoms with van der Waals surface area (Å²) in [6, 6.07) is 27.5. The molecular weight excluding hydrogens is 372 g/mol. The quantitative estimate of drug-likeness (QED) is 0.404. The van der Waals surface area contributed by atoms with Crippen LogP contribution in [0.1, 0.15) is 28.8 Å². The van der Waals surface area contributed by atoms with Crippen LogP contribution in [0, 0.1) is 0 Å². The van der Waals surface area contributed by atoms with E-state index in [1.54, 1.807) is 12.1 Å². The molecular formula is C26H24N2O2. The van der Waals surface area contributed by atoms with Gasteiger partial charge in [0.25, 0.3) is 0 Å². The molecule has 0 fully saturated rings. The fourth-order valence-corrected chi connectivity index (χ4v) is 3.72. The molecule has 4 aromatic rings. The van der Waals surface area contributed by atoms with Crippen molar-refractivity contribution in [3.8, 4) is 11.3 Å². The van der Waals surface area contributed by atoms with Gasteiger partial charge in [0.05, 0.1) is 0 Å². The first-order valence-corrected chi connectivity index (χ1v) is 10.2. The molecule has 1 aromatic heterocycles. The topological polar surface area (TPSA) is 62.0 Å². The van der Waals surface area contributed by atoms with Crippen molar-refractivity contribution in [3.63, 3.8) is 0 Å². The summed E-state index contributed by atoms with van der Waals surface area (Å²) in [7, 11) is 0. The molecule has 0 spiro atoms. The minimum atomic E-state index is -0.0969. The average Bonchev–Trinajstić information content (AvgIpc) is 3.17. The summed E-state index contributed by atoms with van der Waals surface area (Å²) >= 11 is 0. The average molecular weight is 396 g/mol. The minimum Gasteiger partial charge on any atom is -0.356 e. The van der Waals surface area contributed by atoms with E-state index in [1.807, 2.05) is 48.5 Å². The predicted octanol–water partition coefficient (Wildman–Crippen LogP) is 5.16. The van der Waals surface area contributed by atoms with Gasteiger partial charge >= 0.3 is 0 Å². The van der Waals surface area contributed by atoms with E-state index in [2.05, 4.69) is 34.6 Å². The van der Waals surface area contributed by atoms with Crippen molar-refractivity contribution >= 4 is 22.6 Å². The number of carbonyl (C=O) groups excluding carboxylic acids is 2. The van der Waals surface area contributed by atoms with Gasteiger partial charge in [-0.1, -0.05) is 78.9 Å². The van der Waals surface area contributed by atoms with E-state index in [0.717, 1.165) is 16.8 Å². The number of hydrogen-bond donors (Lipinski definition) is 2. The van der Waals surface area contributed by atoms with Gasteiger partial charge in [0.15, 0.2) is 5.78 Å².